The van der Waals surface area contributed by atoms with Gasteiger partial charge < -0.3 is 15.7 Å². The fraction of sp³-hybridized carbons (Fsp3) is 0.833. The molecule has 116 valence electrons. The standard InChI is InChI=1S/C12H19F3N2O3/c1-7-3-5-8(6-4-7)16-10(20)17-11(2,9(18)19)12(13,14)15/h7-8H,3-6H2,1-2H3,(H,18,19)(H2,16,17,20). The largest absolute Gasteiger partial charge is 0.479 e. The summed E-state index contributed by atoms with van der Waals surface area (Å²) in [6.45, 7) is 2.50. The lowest BCUT2D eigenvalue weighted by molar-refractivity contribution is -0.203. The molecule has 0 aliphatic heterocycles. The first-order chi connectivity index (χ1) is 9.06. The van der Waals surface area contributed by atoms with Crippen molar-refractivity contribution in [1.82, 2.24) is 10.6 Å². The molecule has 0 saturated heterocycles. The third kappa shape index (κ3) is 3.77. The Morgan fingerprint density at radius 3 is 2.05 bits per heavy atom. The van der Waals surface area contributed by atoms with E-state index in [0.717, 1.165) is 12.8 Å². The van der Waals surface area contributed by atoms with Crippen LogP contribution in [0.15, 0.2) is 0 Å². The fourth-order valence-corrected chi connectivity index (χ4v) is 2.10. The highest BCUT2D eigenvalue weighted by molar-refractivity contribution is 5.86. The van der Waals surface area contributed by atoms with Gasteiger partial charge >= 0.3 is 18.2 Å². The molecule has 0 bridgehead atoms. The van der Waals surface area contributed by atoms with E-state index in [9.17, 15) is 22.8 Å². The number of carboxylic acid groups (broad SMARTS) is 1. The number of rotatable bonds is 3. The van der Waals surface area contributed by atoms with Gasteiger partial charge in [0, 0.05) is 6.04 Å². The van der Waals surface area contributed by atoms with Crippen molar-refractivity contribution in [3.8, 4) is 0 Å². The number of carbonyl (C=O) groups is 2. The van der Waals surface area contributed by atoms with Crippen LogP contribution in [0, 0.1) is 5.92 Å². The van der Waals surface area contributed by atoms with Crippen molar-refractivity contribution in [3.63, 3.8) is 0 Å². The highest BCUT2D eigenvalue weighted by Gasteiger charge is 2.58. The number of carboxylic acids is 1. The van der Waals surface area contributed by atoms with Crippen LogP contribution in [0.5, 0.6) is 0 Å². The van der Waals surface area contributed by atoms with Crippen molar-refractivity contribution in [2.45, 2.75) is 57.3 Å². The molecule has 0 aromatic heterocycles. The van der Waals surface area contributed by atoms with Crippen LogP contribution in [0.4, 0.5) is 18.0 Å². The van der Waals surface area contributed by atoms with Crippen molar-refractivity contribution >= 4 is 12.0 Å². The summed E-state index contributed by atoms with van der Waals surface area (Å²) < 4.78 is 38.2. The lowest BCUT2D eigenvalue weighted by atomic mass is 9.87. The van der Waals surface area contributed by atoms with Crippen molar-refractivity contribution in [3.05, 3.63) is 0 Å². The summed E-state index contributed by atoms with van der Waals surface area (Å²) in [6, 6.07) is -1.32. The van der Waals surface area contributed by atoms with E-state index < -0.39 is 23.7 Å². The zero-order valence-corrected chi connectivity index (χ0v) is 11.4. The predicted molar refractivity (Wildman–Crippen MR) is 65.2 cm³/mol. The van der Waals surface area contributed by atoms with E-state index >= 15 is 0 Å². The molecular weight excluding hydrogens is 277 g/mol. The van der Waals surface area contributed by atoms with Gasteiger partial charge in [-0.3, -0.25) is 0 Å². The molecule has 1 unspecified atom stereocenters. The van der Waals surface area contributed by atoms with Gasteiger partial charge in [-0.25, -0.2) is 9.59 Å². The Morgan fingerprint density at radius 1 is 1.15 bits per heavy atom. The van der Waals surface area contributed by atoms with Crippen LogP contribution >= 0.6 is 0 Å². The van der Waals surface area contributed by atoms with Crippen LogP contribution in [0.1, 0.15) is 39.5 Å². The maximum Gasteiger partial charge on any atom is 0.422 e. The Hall–Kier alpha value is -1.47. The van der Waals surface area contributed by atoms with E-state index in [0.29, 0.717) is 25.7 Å². The van der Waals surface area contributed by atoms with Gasteiger partial charge in [-0.15, -0.1) is 0 Å². The van der Waals surface area contributed by atoms with E-state index in [-0.39, 0.29) is 6.04 Å². The highest BCUT2D eigenvalue weighted by Crippen LogP contribution is 2.30. The molecular formula is C12H19F3N2O3. The highest BCUT2D eigenvalue weighted by atomic mass is 19.4. The van der Waals surface area contributed by atoms with Crippen LogP contribution in [-0.4, -0.2) is 34.9 Å². The van der Waals surface area contributed by atoms with Crippen LogP contribution in [0.3, 0.4) is 0 Å². The molecule has 1 aliphatic rings. The Balaban J connectivity index is 2.62. The first-order valence-electron chi connectivity index (χ1n) is 6.45. The molecule has 8 heteroatoms. The topological polar surface area (TPSA) is 78.4 Å². The van der Waals surface area contributed by atoms with Gasteiger partial charge in [-0.05, 0) is 38.5 Å². The van der Waals surface area contributed by atoms with Gasteiger partial charge in [0.15, 0.2) is 0 Å². The Morgan fingerprint density at radius 2 is 1.65 bits per heavy atom. The number of aliphatic carboxylic acids is 1. The molecule has 5 nitrogen and oxygen atoms in total. The number of hydrogen-bond donors (Lipinski definition) is 3. The number of carbonyl (C=O) groups excluding carboxylic acids is 1. The second-order valence-corrected chi connectivity index (χ2v) is 5.48. The number of nitrogens with one attached hydrogen (secondary N) is 2. The molecule has 1 rings (SSSR count). The quantitative estimate of drug-likeness (QED) is 0.747. The second kappa shape index (κ2) is 5.88. The number of urea groups is 1. The van der Waals surface area contributed by atoms with Crippen LogP contribution < -0.4 is 10.6 Å². The average Bonchev–Trinajstić information content (AvgIpc) is 2.30. The first kappa shape index (κ1) is 16.6. The smallest absolute Gasteiger partial charge is 0.422 e. The predicted octanol–water partition coefficient (Wildman–Crippen LogP) is 2.27. The molecule has 3 N–H and O–H groups in total. The Labute approximate surface area is 114 Å². The van der Waals surface area contributed by atoms with Gasteiger partial charge in [-0.2, -0.15) is 13.2 Å². The minimum Gasteiger partial charge on any atom is -0.479 e. The summed E-state index contributed by atoms with van der Waals surface area (Å²) in [5.74, 6) is -1.60. The van der Waals surface area contributed by atoms with E-state index in [1.807, 2.05) is 0 Å². The van der Waals surface area contributed by atoms with Crippen LogP contribution in [-0.2, 0) is 4.79 Å². The SMILES string of the molecule is CC1CCC(NC(=O)NC(C)(C(=O)O)C(F)(F)F)CC1. The zero-order chi connectivity index (χ0) is 15.6. The molecule has 1 aliphatic carbocycles. The second-order valence-electron chi connectivity index (χ2n) is 5.48. The van der Waals surface area contributed by atoms with E-state index in [2.05, 4.69) is 12.2 Å². The Kier molecular flexibility index (Phi) is 4.88. The van der Waals surface area contributed by atoms with E-state index in [1.54, 1.807) is 0 Å². The van der Waals surface area contributed by atoms with Gasteiger partial charge in [0.25, 0.3) is 0 Å². The zero-order valence-electron chi connectivity index (χ0n) is 11.4. The summed E-state index contributed by atoms with van der Waals surface area (Å²) in [6.07, 6.45) is -1.92. The van der Waals surface area contributed by atoms with E-state index in [4.69, 9.17) is 5.11 Å². The lowest BCUT2D eigenvalue weighted by Crippen LogP contribution is -2.64. The molecule has 0 aromatic rings. The molecule has 2 amide bonds. The first-order valence-corrected chi connectivity index (χ1v) is 6.45. The number of amides is 2. The normalized spacial score (nSPS) is 26.4. The summed E-state index contributed by atoms with van der Waals surface area (Å²) in [5, 5.41) is 12.6. The van der Waals surface area contributed by atoms with Gasteiger partial charge in [0.1, 0.15) is 0 Å². The molecule has 0 aromatic carbocycles. The maximum atomic E-state index is 12.7. The fourth-order valence-electron chi connectivity index (χ4n) is 2.10. The van der Waals surface area contributed by atoms with Crippen LogP contribution in [0.2, 0.25) is 0 Å². The molecule has 0 spiro atoms. The maximum absolute atomic E-state index is 12.7. The minimum absolute atomic E-state index is 0.211. The number of hydrogen-bond acceptors (Lipinski definition) is 2. The minimum atomic E-state index is -5.07. The van der Waals surface area contributed by atoms with Crippen molar-refractivity contribution in [2.24, 2.45) is 5.92 Å². The summed E-state index contributed by atoms with van der Waals surface area (Å²) in [7, 11) is 0. The summed E-state index contributed by atoms with van der Waals surface area (Å²) in [5.41, 5.74) is -3.29. The lowest BCUT2D eigenvalue weighted by Gasteiger charge is -2.31. The summed E-state index contributed by atoms with van der Waals surface area (Å²) >= 11 is 0. The van der Waals surface area contributed by atoms with Crippen molar-refractivity contribution < 1.29 is 27.9 Å². The molecule has 1 fully saturated rings. The molecule has 1 atom stereocenters. The van der Waals surface area contributed by atoms with Gasteiger partial charge in [0.2, 0.25) is 5.54 Å². The van der Waals surface area contributed by atoms with Crippen molar-refractivity contribution in [1.29, 1.82) is 0 Å². The monoisotopic (exact) mass is 296 g/mol. The summed E-state index contributed by atoms with van der Waals surface area (Å²) in [4.78, 5) is 22.4. The third-order valence-electron chi connectivity index (χ3n) is 3.71. The van der Waals surface area contributed by atoms with E-state index in [1.165, 1.54) is 5.32 Å². The molecule has 0 heterocycles. The molecule has 20 heavy (non-hydrogen) atoms. The van der Waals surface area contributed by atoms with Crippen molar-refractivity contribution in [2.75, 3.05) is 0 Å². The third-order valence-corrected chi connectivity index (χ3v) is 3.71. The van der Waals surface area contributed by atoms with Gasteiger partial charge in [-0.1, -0.05) is 6.92 Å². The average molecular weight is 296 g/mol. The number of alkyl halides is 3. The molecule has 1 saturated carbocycles. The Bertz CT molecular complexity index is 379. The molecule has 0 radical (unpaired) electrons. The number of halogens is 3. The van der Waals surface area contributed by atoms with Gasteiger partial charge in [0.05, 0.1) is 0 Å². The van der Waals surface area contributed by atoms with Crippen LogP contribution in [0.25, 0.3) is 0 Å².